The molecule has 4 rings (SSSR count). The van der Waals surface area contributed by atoms with E-state index >= 15 is 0 Å². The van der Waals surface area contributed by atoms with E-state index < -0.39 is 5.60 Å². The van der Waals surface area contributed by atoms with Crippen LogP contribution in [0.25, 0.3) is 0 Å². The molecule has 0 aliphatic carbocycles. The van der Waals surface area contributed by atoms with Gasteiger partial charge in [-0.1, -0.05) is 106 Å². The fourth-order valence-electron chi connectivity index (χ4n) is 5.55. The van der Waals surface area contributed by atoms with E-state index in [2.05, 4.69) is 80.1 Å². The van der Waals surface area contributed by atoms with E-state index in [9.17, 15) is 5.11 Å². The summed E-state index contributed by atoms with van der Waals surface area (Å²) in [5.41, 5.74) is 3.76. The van der Waals surface area contributed by atoms with Crippen molar-refractivity contribution in [2.24, 2.45) is 5.92 Å². The quantitative estimate of drug-likeness (QED) is 0.353. The number of rotatable bonds is 8. The Kier molecular flexibility index (Phi) is 8.43. The second-order valence-electron chi connectivity index (χ2n) is 11.2. The number of nitrogens with zero attached hydrogens (tertiary/aromatic N) is 1. The van der Waals surface area contributed by atoms with Crippen molar-refractivity contribution in [3.63, 3.8) is 0 Å². The van der Waals surface area contributed by atoms with Gasteiger partial charge in [0, 0.05) is 32.3 Å². The summed E-state index contributed by atoms with van der Waals surface area (Å²) in [5, 5.41) is 12.1. The molecule has 1 fully saturated rings. The molecule has 0 aromatic heterocycles. The summed E-state index contributed by atoms with van der Waals surface area (Å²) in [6, 6.07) is 29.3. The lowest BCUT2D eigenvalue weighted by molar-refractivity contribution is -0.539. The zero-order valence-electron chi connectivity index (χ0n) is 22.4. The molecule has 0 radical (unpaired) electrons. The monoisotopic (exact) mass is 484 g/mol. The Morgan fingerprint density at radius 3 is 1.83 bits per heavy atom. The summed E-state index contributed by atoms with van der Waals surface area (Å²) in [5.74, 6) is 0.181. The van der Waals surface area contributed by atoms with Crippen molar-refractivity contribution in [1.82, 2.24) is 0 Å². The lowest BCUT2D eigenvalue weighted by atomic mass is 9.72. The predicted molar refractivity (Wildman–Crippen MR) is 149 cm³/mol. The van der Waals surface area contributed by atoms with E-state index in [0.29, 0.717) is 0 Å². The van der Waals surface area contributed by atoms with Crippen LogP contribution in [0.2, 0.25) is 0 Å². The molecule has 3 nitrogen and oxygen atoms in total. The number of ether oxygens (including phenoxy) is 1. The van der Waals surface area contributed by atoms with E-state index in [0.717, 1.165) is 49.9 Å². The minimum Gasteiger partial charge on any atom is -0.380 e. The average Bonchev–Trinajstić information content (AvgIpc) is 2.91. The largest absolute Gasteiger partial charge is 0.380 e. The molecule has 0 spiro atoms. The lowest BCUT2D eigenvalue weighted by Crippen LogP contribution is -2.42. The van der Waals surface area contributed by atoms with Crippen LogP contribution >= 0.6 is 0 Å². The standard InChI is InChI=1S/C33H42NO2/c1-32(2,3)27-19-17-26(18-20-27)31(36-4)16-11-23-34-24-21-30(22-25-34)33(35,28-12-7-5-8-13-28)29-14-9-6-10-15-29/h5-10,12-15,17-20,23,30-31,35H,11,16,21-22,24-25H2,1-4H3/q+1. The molecule has 1 N–H and O–H groups in total. The summed E-state index contributed by atoms with van der Waals surface area (Å²) >= 11 is 0. The maximum absolute atomic E-state index is 12.1. The molecule has 3 aromatic rings. The summed E-state index contributed by atoms with van der Waals surface area (Å²) in [4.78, 5) is 0. The van der Waals surface area contributed by atoms with Crippen LogP contribution in [-0.4, -0.2) is 36.1 Å². The average molecular weight is 485 g/mol. The number of hydrogen-bond donors (Lipinski definition) is 1. The van der Waals surface area contributed by atoms with E-state index in [-0.39, 0.29) is 17.4 Å². The lowest BCUT2D eigenvalue weighted by Gasteiger charge is -2.38. The van der Waals surface area contributed by atoms with Crippen molar-refractivity contribution in [3.05, 3.63) is 107 Å². The first-order chi connectivity index (χ1) is 17.3. The van der Waals surface area contributed by atoms with Crippen LogP contribution in [-0.2, 0) is 15.8 Å². The van der Waals surface area contributed by atoms with Crippen molar-refractivity contribution < 1.29 is 14.4 Å². The first-order valence-electron chi connectivity index (χ1n) is 13.4. The highest BCUT2D eigenvalue weighted by Crippen LogP contribution is 2.41. The van der Waals surface area contributed by atoms with Crippen molar-refractivity contribution >= 4 is 6.21 Å². The zero-order valence-corrected chi connectivity index (χ0v) is 22.4. The predicted octanol–water partition coefficient (Wildman–Crippen LogP) is 6.88. The number of methoxy groups -OCH3 is 1. The van der Waals surface area contributed by atoms with Crippen LogP contribution in [0.5, 0.6) is 0 Å². The van der Waals surface area contributed by atoms with Crippen LogP contribution in [0.3, 0.4) is 0 Å². The number of aliphatic hydroxyl groups is 1. The molecule has 0 saturated carbocycles. The van der Waals surface area contributed by atoms with Crippen molar-refractivity contribution in [2.75, 3.05) is 20.2 Å². The Hall–Kier alpha value is -2.75. The summed E-state index contributed by atoms with van der Waals surface area (Å²) in [6.45, 7) is 8.66. The van der Waals surface area contributed by atoms with Crippen molar-refractivity contribution in [1.29, 1.82) is 0 Å². The Labute approximate surface area is 217 Å². The van der Waals surface area contributed by atoms with Gasteiger partial charge in [0.2, 0.25) is 0 Å². The van der Waals surface area contributed by atoms with E-state index in [1.165, 1.54) is 11.1 Å². The highest BCUT2D eigenvalue weighted by Gasteiger charge is 2.42. The number of benzene rings is 3. The molecule has 1 aliphatic rings. The first-order valence-corrected chi connectivity index (χ1v) is 13.4. The molecule has 1 aliphatic heterocycles. The Morgan fingerprint density at radius 2 is 1.36 bits per heavy atom. The Balaban J connectivity index is 1.39. The molecule has 190 valence electrons. The molecule has 36 heavy (non-hydrogen) atoms. The van der Waals surface area contributed by atoms with Gasteiger partial charge < -0.3 is 9.84 Å². The summed E-state index contributed by atoms with van der Waals surface area (Å²) in [6.07, 6.45) is 6.30. The molecule has 1 atom stereocenters. The summed E-state index contributed by atoms with van der Waals surface area (Å²) < 4.78 is 8.27. The minimum atomic E-state index is -0.963. The Morgan fingerprint density at radius 1 is 0.833 bits per heavy atom. The third-order valence-corrected chi connectivity index (χ3v) is 7.80. The van der Waals surface area contributed by atoms with Crippen LogP contribution in [0.4, 0.5) is 0 Å². The molecule has 0 bridgehead atoms. The SMILES string of the molecule is COC(CCC=[N+]1CCC(C(O)(c2ccccc2)c2ccccc2)CC1)c1ccc(C(C)(C)C)cc1. The normalized spacial score (nSPS) is 17.6. The third kappa shape index (κ3) is 5.96. The van der Waals surface area contributed by atoms with E-state index in [1.54, 1.807) is 0 Å². The van der Waals surface area contributed by atoms with E-state index in [4.69, 9.17) is 4.74 Å². The fraction of sp³-hybridized carbons (Fsp3) is 0.424. The molecule has 1 saturated heterocycles. The maximum atomic E-state index is 12.1. The van der Waals surface area contributed by atoms with Crippen LogP contribution in [0, 0.1) is 5.92 Å². The zero-order chi connectivity index (χ0) is 25.6. The highest BCUT2D eigenvalue weighted by atomic mass is 16.5. The van der Waals surface area contributed by atoms with Gasteiger partial charge in [0.15, 0.2) is 0 Å². The van der Waals surface area contributed by atoms with Gasteiger partial charge >= 0.3 is 0 Å². The van der Waals surface area contributed by atoms with Gasteiger partial charge in [-0.25, -0.2) is 4.58 Å². The van der Waals surface area contributed by atoms with Crippen LogP contribution < -0.4 is 0 Å². The summed E-state index contributed by atoms with van der Waals surface area (Å²) in [7, 11) is 1.81. The van der Waals surface area contributed by atoms with Gasteiger partial charge in [-0.05, 0) is 34.1 Å². The van der Waals surface area contributed by atoms with Crippen LogP contribution in [0.15, 0.2) is 84.9 Å². The molecule has 0 amide bonds. The smallest absolute Gasteiger partial charge is 0.142 e. The van der Waals surface area contributed by atoms with E-state index in [1.807, 2.05) is 43.5 Å². The second-order valence-corrected chi connectivity index (χ2v) is 11.2. The van der Waals surface area contributed by atoms with Gasteiger partial charge in [-0.3, -0.25) is 0 Å². The third-order valence-electron chi connectivity index (χ3n) is 7.80. The second kappa shape index (κ2) is 11.5. The minimum absolute atomic E-state index is 0.106. The van der Waals surface area contributed by atoms with Gasteiger partial charge in [-0.2, -0.15) is 0 Å². The number of piperidine rings is 1. The van der Waals surface area contributed by atoms with Crippen molar-refractivity contribution in [3.8, 4) is 0 Å². The van der Waals surface area contributed by atoms with Gasteiger partial charge in [0.25, 0.3) is 0 Å². The molecular formula is C33H42NO2+. The number of hydrogen-bond acceptors (Lipinski definition) is 2. The maximum Gasteiger partial charge on any atom is 0.142 e. The fourth-order valence-corrected chi connectivity index (χ4v) is 5.55. The van der Waals surface area contributed by atoms with Crippen molar-refractivity contribution in [2.45, 2.75) is 63.6 Å². The molecule has 1 heterocycles. The molecule has 3 heteroatoms. The van der Waals surface area contributed by atoms with Gasteiger partial charge in [-0.15, -0.1) is 0 Å². The van der Waals surface area contributed by atoms with Gasteiger partial charge in [0.1, 0.15) is 24.9 Å². The highest BCUT2D eigenvalue weighted by molar-refractivity contribution is 5.51. The van der Waals surface area contributed by atoms with Crippen LogP contribution in [0.1, 0.15) is 74.8 Å². The first kappa shape index (κ1) is 26.3. The van der Waals surface area contributed by atoms with Gasteiger partial charge in [0.05, 0.1) is 6.10 Å². The Bertz CT molecular complexity index is 1060. The topological polar surface area (TPSA) is 32.5 Å². The molecular weight excluding hydrogens is 442 g/mol. The molecule has 1 unspecified atom stereocenters. The molecule has 3 aromatic carbocycles.